The fourth-order valence-electron chi connectivity index (χ4n) is 2.25. The molecule has 22 heavy (non-hydrogen) atoms. The third-order valence-corrected chi connectivity index (χ3v) is 3.71. The SMILES string of the molecule is CN=C(NCCCN(C)CCOC)NC(C)CCCC(C)C. The summed E-state index contributed by atoms with van der Waals surface area (Å²) in [6.45, 7) is 10.6. The lowest BCUT2D eigenvalue weighted by molar-refractivity contribution is 0.161. The summed E-state index contributed by atoms with van der Waals surface area (Å²) in [5.41, 5.74) is 0. The second-order valence-electron chi connectivity index (χ2n) is 6.52. The number of aliphatic imine (C=N–C) groups is 1. The summed E-state index contributed by atoms with van der Waals surface area (Å²) in [6.07, 6.45) is 4.86. The van der Waals surface area contributed by atoms with E-state index in [1.54, 1.807) is 7.11 Å². The quantitative estimate of drug-likeness (QED) is 0.330. The number of hydrogen-bond acceptors (Lipinski definition) is 3. The number of rotatable bonds is 12. The molecule has 5 nitrogen and oxygen atoms in total. The van der Waals surface area contributed by atoms with Gasteiger partial charge in [-0.3, -0.25) is 4.99 Å². The molecule has 0 radical (unpaired) electrons. The van der Waals surface area contributed by atoms with Crippen LogP contribution in [-0.2, 0) is 4.74 Å². The van der Waals surface area contributed by atoms with Crippen LogP contribution in [0.3, 0.4) is 0 Å². The molecule has 1 atom stereocenters. The summed E-state index contributed by atoms with van der Waals surface area (Å²) >= 11 is 0. The van der Waals surface area contributed by atoms with Gasteiger partial charge in [0.25, 0.3) is 0 Å². The van der Waals surface area contributed by atoms with Gasteiger partial charge in [-0.15, -0.1) is 0 Å². The minimum atomic E-state index is 0.467. The van der Waals surface area contributed by atoms with Crippen LogP contribution in [0.2, 0.25) is 0 Å². The first kappa shape index (κ1) is 21.2. The summed E-state index contributed by atoms with van der Waals surface area (Å²) in [6, 6.07) is 0.467. The normalized spacial score (nSPS) is 13.7. The summed E-state index contributed by atoms with van der Waals surface area (Å²) in [5.74, 6) is 1.70. The Labute approximate surface area is 137 Å². The van der Waals surface area contributed by atoms with E-state index in [9.17, 15) is 0 Å². The van der Waals surface area contributed by atoms with Gasteiger partial charge in [-0.2, -0.15) is 0 Å². The van der Waals surface area contributed by atoms with Crippen LogP contribution in [0.5, 0.6) is 0 Å². The zero-order chi connectivity index (χ0) is 16.8. The molecule has 0 spiro atoms. The van der Waals surface area contributed by atoms with E-state index < -0.39 is 0 Å². The summed E-state index contributed by atoms with van der Waals surface area (Å²) in [4.78, 5) is 6.59. The van der Waals surface area contributed by atoms with Gasteiger partial charge in [0.2, 0.25) is 0 Å². The van der Waals surface area contributed by atoms with Crippen LogP contribution in [0.15, 0.2) is 4.99 Å². The lowest BCUT2D eigenvalue weighted by atomic mass is 10.0. The Morgan fingerprint density at radius 3 is 2.45 bits per heavy atom. The Hall–Kier alpha value is -0.810. The van der Waals surface area contributed by atoms with Crippen molar-refractivity contribution < 1.29 is 4.74 Å². The molecular formula is C17H38N4O. The monoisotopic (exact) mass is 314 g/mol. The van der Waals surface area contributed by atoms with Gasteiger partial charge >= 0.3 is 0 Å². The molecule has 2 N–H and O–H groups in total. The van der Waals surface area contributed by atoms with E-state index in [1.807, 2.05) is 7.05 Å². The predicted octanol–water partition coefficient (Wildman–Crippen LogP) is 2.33. The highest BCUT2D eigenvalue weighted by Crippen LogP contribution is 2.08. The third-order valence-electron chi connectivity index (χ3n) is 3.71. The molecule has 0 fully saturated rings. The lowest BCUT2D eigenvalue weighted by Crippen LogP contribution is -2.43. The average Bonchev–Trinajstić information content (AvgIpc) is 2.47. The molecule has 0 heterocycles. The second kappa shape index (κ2) is 13.8. The van der Waals surface area contributed by atoms with Crippen molar-refractivity contribution in [2.75, 3.05) is 47.4 Å². The van der Waals surface area contributed by atoms with Crippen LogP contribution in [0.25, 0.3) is 0 Å². The van der Waals surface area contributed by atoms with Crippen LogP contribution in [0.4, 0.5) is 0 Å². The van der Waals surface area contributed by atoms with Gasteiger partial charge in [0.15, 0.2) is 5.96 Å². The molecule has 0 saturated heterocycles. The average molecular weight is 315 g/mol. The van der Waals surface area contributed by atoms with Crippen molar-refractivity contribution in [2.24, 2.45) is 10.9 Å². The predicted molar refractivity (Wildman–Crippen MR) is 96.6 cm³/mol. The molecule has 0 aromatic rings. The number of ether oxygens (including phenoxy) is 1. The van der Waals surface area contributed by atoms with Gasteiger partial charge in [0.05, 0.1) is 6.61 Å². The first-order valence-corrected chi connectivity index (χ1v) is 8.64. The Morgan fingerprint density at radius 1 is 1.14 bits per heavy atom. The van der Waals surface area contributed by atoms with Crippen LogP contribution in [0, 0.1) is 5.92 Å². The molecule has 0 aliphatic rings. The molecule has 0 rings (SSSR count). The smallest absolute Gasteiger partial charge is 0.191 e. The maximum atomic E-state index is 5.08. The first-order chi connectivity index (χ1) is 10.5. The van der Waals surface area contributed by atoms with E-state index >= 15 is 0 Å². The van der Waals surface area contributed by atoms with Crippen molar-refractivity contribution >= 4 is 5.96 Å². The minimum absolute atomic E-state index is 0.467. The highest BCUT2D eigenvalue weighted by atomic mass is 16.5. The number of methoxy groups -OCH3 is 1. The number of nitrogens with one attached hydrogen (secondary N) is 2. The summed E-state index contributed by atoms with van der Waals surface area (Å²) in [5, 5.41) is 6.86. The number of guanidine groups is 1. The van der Waals surface area contributed by atoms with E-state index in [0.717, 1.165) is 44.5 Å². The van der Waals surface area contributed by atoms with Crippen LogP contribution >= 0.6 is 0 Å². The zero-order valence-electron chi connectivity index (χ0n) is 15.6. The fraction of sp³-hybridized carbons (Fsp3) is 0.941. The minimum Gasteiger partial charge on any atom is -0.383 e. The van der Waals surface area contributed by atoms with Gasteiger partial charge in [-0.05, 0) is 39.3 Å². The first-order valence-electron chi connectivity index (χ1n) is 8.64. The third kappa shape index (κ3) is 12.9. The van der Waals surface area contributed by atoms with Gasteiger partial charge < -0.3 is 20.3 Å². The van der Waals surface area contributed by atoms with Crippen molar-refractivity contribution in [3.8, 4) is 0 Å². The van der Waals surface area contributed by atoms with Crippen LogP contribution in [-0.4, -0.2) is 64.3 Å². The molecule has 0 amide bonds. The zero-order valence-corrected chi connectivity index (χ0v) is 15.6. The Kier molecular flexibility index (Phi) is 13.3. The fourth-order valence-corrected chi connectivity index (χ4v) is 2.25. The van der Waals surface area contributed by atoms with Crippen molar-refractivity contribution in [3.63, 3.8) is 0 Å². The molecule has 5 heteroatoms. The maximum Gasteiger partial charge on any atom is 0.191 e. The van der Waals surface area contributed by atoms with E-state index in [2.05, 4.69) is 48.3 Å². The Bertz CT molecular complexity index is 282. The van der Waals surface area contributed by atoms with Gasteiger partial charge in [-0.1, -0.05) is 26.7 Å². The lowest BCUT2D eigenvalue weighted by Gasteiger charge is -2.19. The largest absolute Gasteiger partial charge is 0.383 e. The topological polar surface area (TPSA) is 48.9 Å². The molecule has 0 aromatic heterocycles. The molecule has 132 valence electrons. The van der Waals surface area contributed by atoms with Gasteiger partial charge in [-0.25, -0.2) is 0 Å². The Morgan fingerprint density at radius 2 is 1.86 bits per heavy atom. The van der Waals surface area contributed by atoms with E-state index in [0.29, 0.717) is 6.04 Å². The molecule has 0 aliphatic carbocycles. The van der Waals surface area contributed by atoms with Crippen LogP contribution < -0.4 is 10.6 Å². The molecule has 0 aliphatic heterocycles. The summed E-state index contributed by atoms with van der Waals surface area (Å²) < 4.78 is 5.08. The van der Waals surface area contributed by atoms with Gasteiger partial charge in [0.1, 0.15) is 0 Å². The summed E-state index contributed by atoms with van der Waals surface area (Å²) in [7, 11) is 5.71. The van der Waals surface area contributed by atoms with Crippen molar-refractivity contribution in [2.45, 2.75) is 52.5 Å². The molecule has 1 unspecified atom stereocenters. The molecule has 0 saturated carbocycles. The van der Waals surface area contributed by atoms with Crippen molar-refractivity contribution in [1.29, 1.82) is 0 Å². The van der Waals surface area contributed by atoms with E-state index in [4.69, 9.17) is 4.74 Å². The number of nitrogens with zero attached hydrogens (tertiary/aromatic N) is 2. The number of hydrogen-bond donors (Lipinski definition) is 2. The van der Waals surface area contributed by atoms with E-state index in [1.165, 1.54) is 19.3 Å². The standard InChI is InChI=1S/C17H38N4O/c1-15(2)9-7-10-16(3)20-17(18-4)19-11-8-12-21(5)13-14-22-6/h15-16H,7-14H2,1-6H3,(H2,18,19,20). The highest BCUT2D eigenvalue weighted by molar-refractivity contribution is 5.79. The molecular weight excluding hydrogens is 276 g/mol. The van der Waals surface area contributed by atoms with E-state index in [-0.39, 0.29) is 0 Å². The number of likely N-dealkylation sites (N-methyl/N-ethyl adjacent to an activating group) is 1. The van der Waals surface area contributed by atoms with Crippen molar-refractivity contribution in [3.05, 3.63) is 0 Å². The molecule has 0 bridgehead atoms. The second-order valence-corrected chi connectivity index (χ2v) is 6.52. The highest BCUT2D eigenvalue weighted by Gasteiger charge is 2.05. The molecule has 0 aromatic carbocycles. The van der Waals surface area contributed by atoms with Crippen LogP contribution in [0.1, 0.15) is 46.5 Å². The van der Waals surface area contributed by atoms with Gasteiger partial charge in [0, 0.05) is 33.3 Å². The van der Waals surface area contributed by atoms with Crippen molar-refractivity contribution in [1.82, 2.24) is 15.5 Å². The Balaban J connectivity index is 3.74. The maximum absolute atomic E-state index is 5.08.